The number of anilines is 1. The Labute approximate surface area is 146 Å². The van der Waals surface area contributed by atoms with Crippen molar-refractivity contribution in [1.29, 1.82) is 0 Å². The van der Waals surface area contributed by atoms with Gasteiger partial charge in [-0.2, -0.15) is 0 Å². The van der Waals surface area contributed by atoms with Crippen LogP contribution in [0.4, 0.5) is 16.2 Å². The van der Waals surface area contributed by atoms with Gasteiger partial charge in [0.05, 0.1) is 15.6 Å². The van der Waals surface area contributed by atoms with E-state index in [1.165, 1.54) is 12.1 Å². The molecule has 1 saturated heterocycles. The minimum Gasteiger partial charge on any atom is -0.444 e. The Morgan fingerprint density at radius 3 is 2.79 bits per heavy atom. The van der Waals surface area contributed by atoms with E-state index in [0.29, 0.717) is 11.6 Å². The van der Waals surface area contributed by atoms with Crippen LogP contribution in [0.3, 0.4) is 0 Å². The van der Waals surface area contributed by atoms with Crippen LogP contribution >= 0.6 is 11.6 Å². The minimum absolute atomic E-state index is 0.0221. The number of nitrogens with zero attached hydrogens (tertiary/aromatic N) is 2. The monoisotopic (exact) mass is 355 g/mol. The van der Waals surface area contributed by atoms with E-state index in [1.54, 1.807) is 6.07 Å². The van der Waals surface area contributed by atoms with Gasteiger partial charge in [-0.25, -0.2) is 4.79 Å². The second kappa shape index (κ2) is 7.25. The maximum Gasteiger partial charge on any atom is 0.407 e. The number of carbonyl (C=O) groups excluding carboxylic acids is 1. The van der Waals surface area contributed by atoms with Gasteiger partial charge in [0.1, 0.15) is 5.60 Å². The highest BCUT2D eigenvalue weighted by Gasteiger charge is 2.26. The summed E-state index contributed by atoms with van der Waals surface area (Å²) in [6.45, 7) is 7.50. The first-order valence-electron chi connectivity index (χ1n) is 7.81. The Hall–Kier alpha value is -2.02. The average Bonchev–Trinajstić information content (AvgIpc) is 2.91. The van der Waals surface area contributed by atoms with Crippen molar-refractivity contribution in [2.75, 3.05) is 24.5 Å². The molecule has 0 saturated carbocycles. The van der Waals surface area contributed by atoms with Crippen LogP contribution in [0.15, 0.2) is 18.2 Å². The summed E-state index contributed by atoms with van der Waals surface area (Å²) in [5, 5.41) is 13.9. The van der Waals surface area contributed by atoms with E-state index in [1.807, 2.05) is 20.8 Å². The fourth-order valence-corrected chi connectivity index (χ4v) is 2.92. The van der Waals surface area contributed by atoms with Crippen molar-refractivity contribution >= 4 is 29.1 Å². The van der Waals surface area contributed by atoms with E-state index in [9.17, 15) is 14.9 Å². The number of carbonyl (C=O) groups is 1. The maximum atomic E-state index is 11.7. The summed E-state index contributed by atoms with van der Waals surface area (Å²) in [5.74, 6) is 0.281. The van der Waals surface area contributed by atoms with Crippen molar-refractivity contribution in [3.63, 3.8) is 0 Å². The highest BCUT2D eigenvalue weighted by atomic mass is 35.5. The first-order valence-corrected chi connectivity index (χ1v) is 8.19. The molecule has 1 N–H and O–H groups in total. The van der Waals surface area contributed by atoms with Crippen LogP contribution in [-0.2, 0) is 4.74 Å². The molecule has 0 bridgehead atoms. The summed E-state index contributed by atoms with van der Waals surface area (Å²) in [6.07, 6.45) is 0.484. The summed E-state index contributed by atoms with van der Waals surface area (Å²) in [6, 6.07) is 4.49. The standard InChI is InChI=1S/C16H22ClN3O4/c1-16(2,3)24-15(21)18-9-11-6-7-19(10-11)14-5-4-12(20(22)23)8-13(14)17/h4-5,8,11H,6-7,9-10H2,1-3H3,(H,18,21). The fraction of sp³-hybridized carbons (Fsp3) is 0.562. The zero-order chi connectivity index (χ0) is 17.9. The van der Waals surface area contributed by atoms with Gasteiger partial charge in [-0.05, 0) is 39.2 Å². The number of non-ortho nitro benzene ring substituents is 1. The number of nitro benzene ring substituents is 1. The number of hydrogen-bond donors (Lipinski definition) is 1. The lowest BCUT2D eigenvalue weighted by Gasteiger charge is -2.21. The number of ether oxygens (including phenoxy) is 1. The van der Waals surface area contributed by atoms with Crippen LogP contribution in [-0.4, -0.2) is 36.3 Å². The Balaban J connectivity index is 1.89. The smallest absolute Gasteiger partial charge is 0.407 e. The molecule has 1 aliphatic rings. The number of amides is 1. The maximum absolute atomic E-state index is 11.7. The molecule has 24 heavy (non-hydrogen) atoms. The molecule has 1 aromatic rings. The van der Waals surface area contributed by atoms with Gasteiger partial charge in [0.25, 0.3) is 5.69 Å². The molecule has 0 radical (unpaired) electrons. The molecule has 1 aromatic carbocycles. The van der Waals surface area contributed by atoms with Gasteiger partial charge in [-0.1, -0.05) is 11.6 Å². The Morgan fingerprint density at radius 1 is 1.50 bits per heavy atom. The predicted molar refractivity (Wildman–Crippen MR) is 92.7 cm³/mol. The third-order valence-electron chi connectivity index (χ3n) is 3.70. The summed E-state index contributed by atoms with van der Waals surface area (Å²) >= 11 is 6.17. The summed E-state index contributed by atoms with van der Waals surface area (Å²) in [5.41, 5.74) is 0.242. The third kappa shape index (κ3) is 4.99. The number of benzene rings is 1. The second-order valence-electron chi connectivity index (χ2n) is 6.88. The fourth-order valence-electron chi connectivity index (χ4n) is 2.63. The zero-order valence-corrected chi connectivity index (χ0v) is 14.8. The van der Waals surface area contributed by atoms with Crippen LogP contribution in [0.5, 0.6) is 0 Å². The molecule has 2 rings (SSSR count). The van der Waals surface area contributed by atoms with Crippen molar-refractivity contribution in [1.82, 2.24) is 5.32 Å². The molecular weight excluding hydrogens is 334 g/mol. The van der Waals surface area contributed by atoms with Crippen LogP contribution < -0.4 is 10.2 Å². The Bertz CT molecular complexity index is 630. The first kappa shape index (κ1) is 18.3. The topological polar surface area (TPSA) is 84.7 Å². The second-order valence-corrected chi connectivity index (χ2v) is 7.28. The van der Waals surface area contributed by atoms with Crippen molar-refractivity contribution in [2.24, 2.45) is 5.92 Å². The molecular formula is C16H22ClN3O4. The molecule has 1 unspecified atom stereocenters. The largest absolute Gasteiger partial charge is 0.444 e. The molecule has 0 spiro atoms. The lowest BCUT2D eigenvalue weighted by Crippen LogP contribution is -2.36. The van der Waals surface area contributed by atoms with Gasteiger partial charge < -0.3 is 15.0 Å². The highest BCUT2D eigenvalue weighted by molar-refractivity contribution is 6.33. The van der Waals surface area contributed by atoms with Gasteiger partial charge >= 0.3 is 6.09 Å². The lowest BCUT2D eigenvalue weighted by atomic mass is 10.1. The van der Waals surface area contributed by atoms with E-state index in [-0.39, 0.29) is 11.6 Å². The summed E-state index contributed by atoms with van der Waals surface area (Å²) in [4.78, 5) is 24.1. The quantitative estimate of drug-likeness (QED) is 0.658. The van der Waals surface area contributed by atoms with Crippen LogP contribution in [0, 0.1) is 16.0 Å². The SMILES string of the molecule is CC(C)(C)OC(=O)NCC1CCN(c2ccc([N+](=O)[O-])cc2Cl)C1. The van der Waals surface area contributed by atoms with Crippen molar-refractivity contribution in [3.8, 4) is 0 Å². The molecule has 132 valence electrons. The molecule has 7 nitrogen and oxygen atoms in total. The van der Waals surface area contributed by atoms with Gasteiger partial charge in [0, 0.05) is 31.8 Å². The van der Waals surface area contributed by atoms with Crippen LogP contribution in [0.2, 0.25) is 5.02 Å². The lowest BCUT2D eigenvalue weighted by molar-refractivity contribution is -0.384. The van der Waals surface area contributed by atoms with E-state index in [2.05, 4.69) is 10.2 Å². The Morgan fingerprint density at radius 2 is 2.21 bits per heavy atom. The molecule has 0 aromatic heterocycles. The molecule has 1 heterocycles. The molecule has 1 aliphatic heterocycles. The number of rotatable bonds is 4. The van der Waals surface area contributed by atoms with Gasteiger partial charge in [0.2, 0.25) is 0 Å². The van der Waals surface area contributed by atoms with E-state index >= 15 is 0 Å². The Kier molecular flexibility index (Phi) is 5.54. The van der Waals surface area contributed by atoms with Gasteiger partial charge in [-0.15, -0.1) is 0 Å². The predicted octanol–water partition coefficient (Wildman–Crippen LogP) is 3.60. The van der Waals surface area contributed by atoms with E-state index in [0.717, 1.165) is 25.2 Å². The summed E-state index contributed by atoms with van der Waals surface area (Å²) < 4.78 is 5.22. The third-order valence-corrected chi connectivity index (χ3v) is 4.01. The molecule has 1 amide bonds. The molecule has 1 atom stereocenters. The average molecular weight is 356 g/mol. The molecule has 0 aliphatic carbocycles. The van der Waals surface area contributed by atoms with Crippen LogP contribution in [0.1, 0.15) is 27.2 Å². The number of hydrogen-bond acceptors (Lipinski definition) is 5. The number of nitrogens with one attached hydrogen (secondary N) is 1. The van der Waals surface area contributed by atoms with Gasteiger partial charge in [0.15, 0.2) is 0 Å². The molecule has 8 heteroatoms. The minimum atomic E-state index is -0.516. The van der Waals surface area contributed by atoms with Crippen LogP contribution in [0.25, 0.3) is 0 Å². The van der Waals surface area contributed by atoms with Crippen molar-refractivity contribution < 1.29 is 14.5 Å². The highest BCUT2D eigenvalue weighted by Crippen LogP contribution is 2.33. The zero-order valence-electron chi connectivity index (χ0n) is 14.0. The van der Waals surface area contributed by atoms with E-state index < -0.39 is 16.6 Å². The van der Waals surface area contributed by atoms with Crippen molar-refractivity contribution in [2.45, 2.75) is 32.8 Å². The molecule has 1 fully saturated rings. The first-order chi connectivity index (χ1) is 11.2. The number of alkyl carbamates (subject to hydrolysis) is 1. The number of nitro groups is 1. The summed E-state index contributed by atoms with van der Waals surface area (Å²) in [7, 11) is 0. The van der Waals surface area contributed by atoms with Crippen molar-refractivity contribution in [3.05, 3.63) is 33.3 Å². The normalized spacial score (nSPS) is 17.7. The van der Waals surface area contributed by atoms with E-state index in [4.69, 9.17) is 16.3 Å². The number of halogens is 1. The van der Waals surface area contributed by atoms with Gasteiger partial charge in [-0.3, -0.25) is 10.1 Å².